The quantitative estimate of drug-likeness (QED) is 0.408. The Kier molecular flexibility index (Phi) is 7.82. The van der Waals surface area contributed by atoms with Crippen LogP contribution in [0.4, 0.5) is 0 Å². The second-order valence-electron chi connectivity index (χ2n) is 9.11. The second kappa shape index (κ2) is 10.2. The highest BCUT2D eigenvalue weighted by Crippen LogP contribution is 2.51. The van der Waals surface area contributed by atoms with Gasteiger partial charge in [-0.2, -0.15) is 0 Å². The van der Waals surface area contributed by atoms with Crippen LogP contribution in [0.25, 0.3) is 0 Å². The van der Waals surface area contributed by atoms with Crippen LogP contribution in [-0.2, 0) is 4.79 Å². The molecule has 0 fully saturated rings. The Morgan fingerprint density at radius 2 is 1.30 bits per heavy atom. The van der Waals surface area contributed by atoms with Crippen molar-refractivity contribution >= 4 is 24.8 Å². The summed E-state index contributed by atoms with van der Waals surface area (Å²) in [6.45, 7) is 10.5. The lowest BCUT2D eigenvalue weighted by Crippen LogP contribution is -2.32. The summed E-state index contributed by atoms with van der Waals surface area (Å²) in [5.74, 6) is 1.92. The molecule has 2 atom stereocenters. The third kappa shape index (κ3) is 4.78. The van der Waals surface area contributed by atoms with E-state index in [4.69, 9.17) is 9.47 Å². The second-order valence-corrected chi connectivity index (χ2v) is 11.3. The molecular weight excluding hydrogens is 429 g/mol. The number of ether oxygens (including phenoxy) is 2. The molecule has 0 aliphatic heterocycles. The molecular formula is C28H36NO3P. The first-order chi connectivity index (χ1) is 15.6. The number of carbonyl (C=O) groups is 1. The molecule has 0 heterocycles. The van der Waals surface area contributed by atoms with Crippen LogP contribution < -0.4 is 20.1 Å². The van der Waals surface area contributed by atoms with Gasteiger partial charge in [0.2, 0.25) is 0 Å². The molecule has 0 aromatic heterocycles. The van der Waals surface area contributed by atoms with Crippen LogP contribution in [0.1, 0.15) is 29.2 Å². The molecule has 1 aliphatic rings. The average Bonchev–Trinajstić information content (AvgIpc) is 3.16. The Balaban J connectivity index is 2.29. The molecule has 5 heteroatoms. The number of carbonyl (C=O) groups excluding carboxylic acids is 1. The van der Waals surface area contributed by atoms with E-state index in [2.05, 4.69) is 90.0 Å². The van der Waals surface area contributed by atoms with Crippen LogP contribution in [0.3, 0.4) is 0 Å². The fourth-order valence-corrected chi connectivity index (χ4v) is 7.67. The third-order valence-electron chi connectivity index (χ3n) is 6.63. The van der Waals surface area contributed by atoms with Crippen molar-refractivity contribution in [1.82, 2.24) is 4.90 Å². The summed E-state index contributed by atoms with van der Waals surface area (Å²) in [6.07, 6.45) is 5.46. The molecule has 0 N–H and O–H groups in total. The zero-order valence-electron chi connectivity index (χ0n) is 21.3. The van der Waals surface area contributed by atoms with Gasteiger partial charge in [0.1, 0.15) is 17.8 Å². The molecule has 4 nitrogen and oxygen atoms in total. The first-order valence-corrected chi connectivity index (χ1v) is 12.6. The molecule has 176 valence electrons. The van der Waals surface area contributed by atoms with Gasteiger partial charge in [-0.15, -0.1) is 0 Å². The van der Waals surface area contributed by atoms with E-state index in [0.717, 1.165) is 50.9 Å². The molecule has 0 amide bonds. The van der Waals surface area contributed by atoms with Crippen molar-refractivity contribution in [2.24, 2.45) is 5.92 Å². The third-order valence-corrected chi connectivity index (χ3v) is 9.07. The van der Waals surface area contributed by atoms with Gasteiger partial charge in [0.15, 0.2) is 0 Å². The zero-order chi connectivity index (χ0) is 24.4. The number of aldehydes is 1. The Morgan fingerprint density at radius 3 is 1.64 bits per heavy atom. The number of aryl methyl sites for hydroxylation is 4. The van der Waals surface area contributed by atoms with Gasteiger partial charge in [-0.3, -0.25) is 4.79 Å². The highest BCUT2D eigenvalue weighted by Gasteiger charge is 2.32. The van der Waals surface area contributed by atoms with E-state index in [1.165, 1.54) is 10.6 Å². The normalized spacial score (nSPS) is 16.6. The summed E-state index contributed by atoms with van der Waals surface area (Å²) < 4.78 is 11.3. The molecule has 1 aliphatic carbocycles. The largest absolute Gasteiger partial charge is 0.496 e. The Morgan fingerprint density at radius 1 is 0.879 bits per heavy atom. The molecule has 0 saturated heterocycles. The molecule has 2 aromatic rings. The van der Waals surface area contributed by atoms with Crippen LogP contribution in [-0.4, -0.2) is 45.5 Å². The first kappa shape index (κ1) is 25.2. The maximum Gasteiger partial charge on any atom is 0.147 e. The number of benzene rings is 2. The number of hydrogen-bond donors (Lipinski definition) is 0. The van der Waals surface area contributed by atoms with Crippen molar-refractivity contribution in [1.29, 1.82) is 0 Å². The van der Waals surface area contributed by atoms with Crippen molar-refractivity contribution in [3.63, 3.8) is 0 Å². The SMILES string of the molecule is COc1c(C)cc(P(C2=C(C=O)C([C@@H](C)N(C)C)C=C2)c2cc(C)c(OC)c(C)c2)cc1C. The lowest BCUT2D eigenvalue weighted by Gasteiger charge is -2.28. The summed E-state index contributed by atoms with van der Waals surface area (Å²) >= 11 is 0. The Labute approximate surface area is 200 Å². The topological polar surface area (TPSA) is 38.8 Å². The molecule has 0 radical (unpaired) electrons. The van der Waals surface area contributed by atoms with Gasteiger partial charge in [0.05, 0.1) is 14.2 Å². The van der Waals surface area contributed by atoms with Crippen molar-refractivity contribution in [2.75, 3.05) is 28.3 Å². The van der Waals surface area contributed by atoms with Gasteiger partial charge < -0.3 is 14.4 Å². The van der Waals surface area contributed by atoms with Gasteiger partial charge in [-0.25, -0.2) is 0 Å². The average molecular weight is 466 g/mol. The smallest absolute Gasteiger partial charge is 0.147 e. The van der Waals surface area contributed by atoms with Crippen molar-refractivity contribution < 1.29 is 14.3 Å². The zero-order valence-corrected chi connectivity index (χ0v) is 22.2. The van der Waals surface area contributed by atoms with E-state index in [0.29, 0.717) is 0 Å². The van der Waals surface area contributed by atoms with E-state index in [1.54, 1.807) is 14.2 Å². The number of hydrogen-bond acceptors (Lipinski definition) is 4. The predicted molar refractivity (Wildman–Crippen MR) is 140 cm³/mol. The molecule has 2 aromatic carbocycles. The van der Waals surface area contributed by atoms with Crippen molar-refractivity contribution in [2.45, 2.75) is 40.7 Å². The van der Waals surface area contributed by atoms with Crippen LogP contribution in [0, 0.1) is 33.6 Å². The lowest BCUT2D eigenvalue weighted by atomic mass is 9.95. The number of allylic oxidation sites excluding steroid dienone is 2. The summed E-state index contributed by atoms with van der Waals surface area (Å²) in [5.41, 5.74) is 5.32. The van der Waals surface area contributed by atoms with Crippen LogP contribution >= 0.6 is 7.92 Å². The standard InChI is InChI=1S/C28H36NO3P/c1-17-12-22(13-18(2)27(17)31-8)33(23-14-19(3)28(32-9)20(4)15-23)26-11-10-24(25(26)16-30)21(5)29(6)7/h10-16,21,24H,1-9H3/t21-,24?/m1/s1. The molecule has 3 rings (SSSR count). The summed E-state index contributed by atoms with van der Waals surface area (Å²) in [6, 6.07) is 9.11. The molecule has 0 bridgehead atoms. The van der Waals surface area contributed by atoms with E-state index in [1.807, 2.05) is 0 Å². The minimum atomic E-state index is -0.935. The first-order valence-electron chi connectivity index (χ1n) is 11.3. The fraction of sp³-hybridized carbons (Fsp3) is 0.393. The highest BCUT2D eigenvalue weighted by molar-refractivity contribution is 7.77. The van der Waals surface area contributed by atoms with Crippen molar-refractivity contribution in [3.05, 3.63) is 69.6 Å². The fourth-order valence-electron chi connectivity index (χ4n) is 4.83. The van der Waals surface area contributed by atoms with Crippen molar-refractivity contribution in [3.8, 4) is 11.5 Å². The molecule has 0 saturated carbocycles. The van der Waals surface area contributed by atoms with Gasteiger partial charge in [-0.05, 0) is 119 Å². The molecule has 0 spiro atoms. The predicted octanol–water partition coefficient (Wildman–Crippen LogP) is 4.96. The maximum atomic E-state index is 12.4. The van der Waals surface area contributed by atoms with E-state index >= 15 is 0 Å². The van der Waals surface area contributed by atoms with Crippen LogP contribution in [0.5, 0.6) is 11.5 Å². The minimum Gasteiger partial charge on any atom is -0.496 e. The van der Waals surface area contributed by atoms with Gasteiger partial charge in [-0.1, -0.05) is 12.2 Å². The van der Waals surface area contributed by atoms with Gasteiger partial charge >= 0.3 is 0 Å². The summed E-state index contributed by atoms with van der Waals surface area (Å²) in [7, 11) is 6.62. The molecule has 1 unspecified atom stereocenters. The molecule has 33 heavy (non-hydrogen) atoms. The van der Waals surface area contributed by atoms with E-state index in [-0.39, 0.29) is 12.0 Å². The van der Waals surface area contributed by atoms with Gasteiger partial charge in [0.25, 0.3) is 0 Å². The minimum absolute atomic E-state index is 0.0818. The summed E-state index contributed by atoms with van der Waals surface area (Å²) in [5, 5.41) is 3.58. The number of methoxy groups -OCH3 is 2. The Hall–Kier alpha value is -2.42. The number of rotatable bonds is 8. The monoisotopic (exact) mass is 465 g/mol. The Bertz CT molecular complexity index is 1010. The van der Waals surface area contributed by atoms with E-state index in [9.17, 15) is 4.79 Å². The van der Waals surface area contributed by atoms with Gasteiger partial charge in [0, 0.05) is 17.5 Å². The van der Waals surface area contributed by atoms with E-state index < -0.39 is 7.92 Å². The number of nitrogens with zero attached hydrogens (tertiary/aromatic N) is 1. The summed E-state index contributed by atoms with van der Waals surface area (Å²) in [4.78, 5) is 14.6. The lowest BCUT2D eigenvalue weighted by molar-refractivity contribution is -0.105. The highest BCUT2D eigenvalue weighted by atomic mass is 31.1. The van der Waals surface area contributed by atoms with Crippen LogP contribution in [0.15, 0.2) is 47.3 Å². The maximum absolute atomic E-state index is 12.4. The van der Waals surface area contributed by atoms with Crippen LogP contribution in [0.2, 0.25) is 0 Å².